The Bertz CT molecular complexity index is 394. The minimum Gasteiger partial charge on any atom is -0.391 e. The number of rotatable bonds is 2. The maximum Gasteiger partial charge on any atom is 0.317 e. The van der Waals surface area contributed by atoms with E-state index in [9.17, 15) is 9.90 Å². The fraction of sp³-hybridized carbons (Fsp3) is 0.500. The highest BCUT2D eigenvalue weighted by Gasteiger charge is 2.27. The van der Waals surface area contributed by atoms with Crippen LogP contribution in [0.1, 0.15) is 25.3 Å². The quantitative estimate of drug-likeness (QED) is 0.837. The zero-order valence-corrected chi connectivity index (χ0v) is 10.7. The number of aliphatic hydroxyl groups is 1. The van der Waals surface area contributed by atoms with E-state index >= 15 is 0 Å². The van der Waals surface area contributed by atoms with Crippen molar-refractivity contribution in [3.63, 3.8) is 0 Å². The van der Waals surface area contributed by atoms with Crippen LogP contribution in [0.2, 0.25) is 0 Å². The zero-order chi connectivity index (χ0) is 13.0. The molecule has 1 aliphatic rings. The molecule has 2 rings (SSSR count). The number of amides is 2. The molecule has 2 unspecified atom stereocenters. The molecule has 1 heterocycles. The van der Waals surface area contributed by atoms with E-state index < -0.39 is 0 Å². The summed E-state index contributed by atoms with van der Waals surface area (Å²) in [5.74, 6) is 0. The van der Waals surface area contributed by atoms with E-state index in [1.54, 1.807) is 4.90 Å². The van der Waals surface area contributed by atoms with Crippen LogP contribution < -0.4 is 5.32 Å². The molecule has 0 radical (unpaired) electrons. The van der Waals surface area contributed by atoms with Gasteiger partial charge in [-0.25, -0.2) is 4.79 Å². The maximum absolute atomic E-state index is 12.0. The molecule has 1 saturated heterocycles. The first-order valence-electron chi connectivity index (χ1n) is 6.43. The van der Waals surface area contributed by atoms with Crippen LogP contribution in [0.3, 0.4) is 0 Å². The van der Waals surface area contributed by atoms with Crippen molar-refractivity contribution in [3.05, 3.63) is 35.9 Å². The molecule has 0 aliphatic carbocycles. The number of carbonyl (C=O) groups is 1. The SMILES string of the molecule is CC1CCC(O)CN1C(=O)NCc1ccccc1. The number of aliphatic hydroxyl groups excluding tert-OH is 1. The second-order valence-electron chi connectivity index (χ2n) is 4.88. The van der Waals surface area contributed by atoms with Gasteiger partial charge in [-0.05, 0) is 25.3 Å². The molecule has 0 saturated carbocycles. The normalized spacial score (nSPS) is 23.8. The number of nitrogens with zero attached hydrogens (tertiary/aromatic N) is 1. The van der Waals surface area contributed by atoms with Crippen molar-refractivity contribution in [2.24, 2.45) is 0 Å². The van der Waals surface area contributed by atoms with Gasteiger partial charge in [-0.1, -0.05) is 30.3 Å². The summed E-state index contributed by atoms with van der Waals surface area (Å²) in [6, 6.07) is 9.93. The Balaban J connectivity index is 1.87. The molecular weight excluding hydrogens is 228 g/mol. The third-order valence-corrected chi connectivity index (χ3v) is 3.40. The Kier molecular flexibility index (Phi) is 4.20. The van der Waals surface area contributed by atoms with Crippen molar-refractivity contribution in [3.8, 4) is 0 Å². The van der Waals surface area contributed by atoms with Gasteiger partial charge in [-0.15, -0.1) is 0 Å². The summed E-state index contributed by atoms with van der Waals surface area (Å²) in [5.41, 5.74) is 1.08. The molecular formula is C14H20N2O2. The van der Waals surface area contributed by atoms with E-state index in [-0.39, 0.29) is 18.2 Å². The molecule has 0 spiro atoms. The Hall–Kier alpha value is -1.55. The maximum atomic E-state index is 12.0. The van der Waals surface area contributed by atoms with Crippen LogP contribution in [-0.2, 0) is 6.54 Å². The van der Waals surface area contributed by atoms with E-state index in [4.69, 9.17) is 0 Å². The van der Waals surface area contributed by atoms with Gasteiger partial charge in [-0.2, -0.15) is 0 Å². The number of β-amino-alcohol motifs (C(OH)–C–C–N with tert-alkyl or cyclic N) is 1. The fourth-order valence-corrected chi connectivity index (χ4v) is 2.25. The molecule has 1 aromatic rings. The van der Waals surface area contributed by atoms with E-state index in [2.05, 4.69) is 5.32 Å². The van der Waals surface area contributed by atoms with Gasteiger partial charge in [0.05, 0.1) is 6.10 Å². The number of nitrogens with one attached hydrogen (secondary N) is 1. The summed E-state index contributed by atoms with van der Waals surface area (Å²) >= 11 is 0. The summed E-state index contributed by atoms with van der Waals surface area (Å²) in [7, 11) is 0. The topological polar surface area (TPSA) is 52.6 Å². The number of hydrogen-bond donors (Lipinski definition) is 2. The summed E-state index contributed by atoms with van der Waals surface area (Å²) in [4.78, 5) is 13.8. The molecule has 2 N–H and O–H groups in total. The minimum atomic E-state index is -0.385. The Morgan fingerprint density at radius 3 is 2.83 bits per heavy atom. The molecule has 1 fully saturated rings. The van der Waals surface area contributed by atoms with Crippen LogP contribution in [0.4, 0.5) is 4.79 Å². The summed E-state index contributed by atoms with van der Waals surface area (Å²) in [6.45, 7) is 2.98. The van der Waals surface area contributed by atoms with Gasteiger partial charge in [0.2, 0.25) is 0 Å². The van der Waals surface area contributed by atoms with E-state index in [0.29, 0.717) is 13.1 Å². The molecule has 2 amide bonds. The average Bonchev–Trinajstić information content (AvgIpc) is 2.40. The van der Waals surface area contributed by atoms with Gasteiger partial charge in [0.25, 0.3) is 0 Å². The smallest absolute Gasteiger partial charge is 0.317 e. The Morgan fingerprint density at radius 2 is 2.11 bits per heavy atom. The third kappa shape index (κ3) is 3.23. The highest BCUT2D eigenvalue weighted by molar-refractivity contribution is 5.74. The van der Waals surface area contributed by atoms with Crippen LogP contribution in [0, 0.1) is 0 Å². The fourth-order valence-electron chi connectivity index (χ4n) is 2.25. The molecule has 4 heteroatoms. The van der Waals surface area contributed by atoms with Crippen molar-refractivity contribution >= 4 is 6.03 Å². The number of likely N-dealkylation sites (tertiary alicyclic amines) is 1. The second kappa shape index (κ2) is 5.87. The standard InChI is InChI=1S/C14H20N2O2/c1-11-7-8-13(17)10-16(11)14(18)15-9-12-5-3-2-4-6-12/h2-6,11,13,17H,7-10H2,1H3,(H,15,18). The first-order chi connectivity index (χ1) is 8.66. The molecule has 1 aromatic carbocycles. The van der Waals surface area contributed by atoms with Crippen LogP contribution in [-0.4, -0.2) is 34.7 Å². The number of benzene rings is 1. The largest absolute Gasteiger partial charge is 0.391 e. The summed E-state index contributed by atoms with van der Waals surface area (Å²) in [5, 5.41) is 12.5. The number of hydrogen-bond acceptors (Lipinski definition) is 2. The Morgan fingerprint density at radius 1 is 1.39 bits per heavy atom. The van der Waals surface area contributed by atoms with Gasteiger partial charge in [0.15, 0.2) is 0 Å². The second-order valence-corrected chi connectivity index (χ2v) is 4.88. The number of piperidine rings is 1. The van der Waals surface area contributed by atoms with Crippen LogP contribution in [0.25, 0.3) is 0 Å². The highest BCUT2D eigenvalue weighted by Crippen LogP contribution is 2.16. The van der Waals surface area contributed by atoms with Gasteiger partial charge in [0, 0.05) is 19.1 Å². The predicted octanol–water partition coefficient (Wildman–Crippen LogP) is 1.74. The molecule has 0 bridgehead atoms. The molecule has 2 atom stereocenters. The van der Waals surface area contributed by atoms with Crippen molar-refractivity contribution < 1.29 is 9.90 Å². The average molecular weight is 248 g/mol. The molecule has 18 heavy (non-hydrogen) atoms. The molecule has 98 valence electrons. The van der Waals surface area contributed by atoms with Gasteiger partial charge >= 0.3 is 6.03 Å². The number of urea groups is 1. The predicted molar refractivity (Wildman–Crippen MR) is 70.1 cm³/mol. The number of carbonyl (C=O) groups excluding carboxylic acids is 1. The first-order valence-corrected chi connectivity index (χ1v) is 6.43. The highest BCUT2D eigenvalue weighted by atomic mass is 16.3. The van der Waals surface area contributed by atoms with Crippen LogP contribution in [0.5, 0.6) is 0 Å². The summed E-state index contributed by atoms with van der Waals surface area (Å²) < 4.78 is 0. The monoisotopic (exact) mass is 248 g/mol. The lowest BCUT2D eigenvalue weighted by Crippen LogP contribution is -2.51. The van der Waals surface area contributed by atoms with E-state index in [1.165, 1.54) is 0 Å². The van der Waals surface area contributed by atoms with Crippen LogP contribution >= 0.6 is 0 Å². The lowest BCUT2D eigenvalue weighted by Gasteiger charge is -2.35. The summed E-state index contributed by atoms with van der Waals surface area (Å²) in [6.07, 6.45) is 1.26. The Labute approximate surface area is 108 Å². The van der Waals surface area contributed by atoms with Crippen molar-refractivity contribution in [1.82, 2.24) is 10.2 Å². The lowest BCUT2D eigenvalue weighted by molar-refractivity contribution is 0.0597. The van der Waals surface area contributed by atoms with E-state index in [1.807, 2.05) is 37.3 Å². The molecule has 1 aliphatic heterocycles. The minimum absolute atomic E-state index is 0.0925. The van der Waals surface area contributed by atoms with Gasteiger partial charge < -0.3 is 15.3 Å². The van der Waals surface area contributed by atoms with Crippen molar-refractivity contribution in [2.75, 3.05) is 6.54 Å². The van der Waals surface area contributed by atoms with Crippen molar-refractivity contribution in [1.29, 1.82) is 0 Å². The zero-order valence-electron chi connectivity index (χ0n) is 10.7. The first kappa shape index (κ1) is 12.9. The third-order valence-electron chi connectivity index (χ3n) is 3.40. The van der Waals surface area contributed by atoms with Gasteiger partial charge in [0.1, 0.15) is 0 Å². The molecule has 4 nitrogen and oxygen atoms in total. The molecule has 0 aromatic heterocycles. The van der Waals surface area contributed by atoms with Crippen molar-refractivity contribution in [2.45, 2.75) is 38.5 Å². The van der Waals surface area contributed by atoms with E-state index in [0.717, 1.165) is 18.4 Å². The lowest BCUT2D eigenvalue weighted by atomic mass is 10.0. The van der Waals surface area contributed by atoms with Crippen LogP contribution in [0.15, 0.2) is 30.3 Å². The van der Waals surface area contributed by atoms with Gasteiger partial charge in [-0.3, -0.25) is 0 Å².